The van der Waals surface area contributed by atoms with Crippen molar-refractivity contribution in [3.63, 3.8) is 0 Å². The number of nitrogens with zero attached hydrogens (tertiary/aromatic N) is 4. The molecule has 3 heterocycles. The fraction of sp³-hybridized carbons (Fsp3) is 0. The molecule has 10 aromatic rings. The number of furan rings is 1. The Labute approximate surface area is 281 Å². The molecular formula is C44H26N4O. The maximum atomic E-state index is 6.32. The van der Waals surface area contributed by atoms with Gasteiger partial charge in [0.25, 0.3) is 0 Å². The van der Waals surface area contributed by atoms with Crippen molar-refractivity contribution < 1.29 is 4.42 Å². The van der Waals surface area contributed by atoms with Gasteiger partial charge < -0.3 is 4.42 Å². The van der Waals surface area contributed by atoms with Crippen LogP contribution in [0.5, 0.6) is 0 Å². The standard InChI is InChI=1S/C44H26N4O/c1-2-11-28(12-3-1)42-46-43(33-21-20-27-10-4-5-13-29(27)24-33)48-44(47-42)36-17-8-15-30-25-31(22-23-34(30)36)35-16-9-19-38-40(35)41-39(49-38)26-32-14-6-7-18-37(32)45-41/h1-26H. The van der Waals surface area contributed by atoms with Crippen LogP contribution >= 0.6 is 0 Å². The summed E-state index contributed by atoms with van der Waals surface area (Å²) in [5, 5.41) is 6.55. The molecule has 0 saturated carbocycles. The van der Waals surface area contributed by atoms with Crippen molar-refractivity contribution in [1.82, 2.24) is 19.9 Å². The topological polar surface area (TPSA) is 64.7 Å². The van der Waals surface area contributed by atoms with Crippen molar-refractivity contribution in [3.8, 4) is 45.3 Å². The molecule has 228 valence electrons. The highest BCUT2D eigenvalue weighted by Gasteiger charge is 2.17. The van der Waals surface area contributed by atoms with E-state index in [-0.39, 0.29) is 0 Å². The van der Waals surface area contributed by atoms with Crippen LogP contribution in [0.1, 0.15) is 0 Å². The summed E-state index contributed by atoms with van der Waals surface area (Å²) in [5.41, 5.74) is 8.44. The van der Waals surface area contributed by atoms with Crippen molar-refractivity contribution in [2.45, 2.75) is 0 Å². The molecule has 7 aromatic carbocycles. The molecule has 10 rings (SSSR count). The van der Waals surface area contributed by atoms with Gasteiger partial charge in [0.2, 0.25) is 0 Å². The molecule has 0 unspecified atom stereocenters. The summed E-state index contributed by atoms with van der Waals surface area (Å²) in [6.45, 7) is 0. The highest BCUT2D eigenvalue weighted by molar-refractivity contribution is 6.13. The third-order valence-corrected chi connectivity index (χ3v) is 9.28. The Morgan fingerprint density at radius 3 is 1.94 bits per heavy atom. The highest BCUT2D eigenvalue weighted by atomic mass is 16.3. The second-order valence-corrected chi connectivity index (χ2v) is 12.3. The van der Waals surface area contributed by atoms with Crippen molar-refractivity contribution >= 4 is 54.5 Å². The number of benzene rings is 7. The van der Waals surface area contributed by atoms with Crippen LogP contribution in [0.25, 0.3) is 99.8 Å². The lowest BCUT2D eigenvalue weighted by atomic mass is 9.96. The summed E-state index contributed by atoms with van der Waals surface area (Å²) in [7, 11) is 0. The quantitative estimate of drug-likeness (QED) is 0.194. The van der Waals surface area contributed by atoms with Gasteiger partial charge in [-0.3, -0.25) is 0 Å². The molecule has 0 amide bonds. The monoisotopic (exact) mass is 626 g/mol. The van der Waals surface area contributed by atoms with E-state index in [2.05, 4.69) is 97.1 Å². The summed E-state index contributed by atoms with van der Waals surface area (Å²) in [6.07, 6.45) is 0. The number of aromatic nitrogens is 4. The second kappa shape index (κ2) is 10.9. The van der Waals surface area contributed by atoms with Crippen LogP contribution in [0.15, 0.2) is 162 Å². The predicted octanol–water partition coefficient (Wildman–Crippen LogP) is 11.3. The first-order chi connectivity index (χ1) is 24.2. The lowest BCUT2D eigenvalue weighted by molar-refractivity contribution is 0.669. The summed E-state index contributed by atoms with van der Waals surface area (Å²) in [5.74, 6) is 1.91. The van der Waals surface area contributed by atoms with E-state index in [1.807, 2.05) is 60.7 Å². The number of fused-ring (bicyclic) bond motifs is 6. The zero-order valence-corrected chi connectivity index (χ0v) is 26.2. The Morgan fingerprint density at radius 2 is 1.04 bits per heavy atom. The van der Waals surface area contributed by atoms with Gasteiger partial charge in [-0.1, -0.05) is 127 Å². The molecule has 0 bridgehead atoms. The van der Waals surface area contributed by atoms with Crippen LogP contribution in [0.4, 0.5) is 0 Å². The first-order valence-corrected chi connectivity index (χ1v) is 16.3. The molecule has 0 aliphatic rings. The lowest BCUT2D eigenvalue weighted by Gasteiger charge is -2.12. The molecule has 0 aliphatic carbocycles. The summed E-state index contributed by atoms with van der Waals surface area (Å²) in [4.78, 5) is 20.1. The number of hydrogen-bond donors (Lipinski definition) is 0. The Bertz CT molecular complexity index is 2890. The van der Waals surface area contributed by atoms with Gasteiger partial charge in [-0.2, -0.15) is 0 Å². The highest BCUT2D eigenvalue weighted by Crippen LogP contribution is 2.39. The van der Waals surface area contributed by atoms with Gasteiger partial charge in [0.05, 0.1) is 10.9 Å². The van der Waals surface area contributed by atoms with E-state index in [4.69, 9.17) is 24.4 Å². The molecule has 0 N–H and O–H groups in total. The molecule has 0 fully saturated rings. The minimum Gasteiger partial charge on any atom is -0.454 e. The minimum absolute atomic E-state index is 0.634. The second-order valence-electron chi connectivity index (χ2n) is 12.3. The van der Waals surface area contributed by atoms with Gasteiger partial charge >= 0.3 is 0 Å². The van der Waals surface area contributed by atoms with Crippen molar-refractivity contribution in [1.29, 1.82) is 0 Å². The largest absolute Gasteiger partial charge is 0.454 e. The molecule has 49 heavy (non-hydrogen) atoms. The normalized spacial score (nSPS) is 11.7. The molecule has 0 radical (unpaired) electrons. The van der Waals surface area contributed by atoms with Crippen molar-refractivity contribution in [2.75, 3.05) is 0 Å². The molecule has 0 saturated heterocycles. The van der Waals surface area contributed by atoms with Crippen LogP contribution in [0.2, 0.25) is 0 Å². The van der Waals surface area contributed by atoms with E-state index in [0.717, 1.165) is 76.9 Å². The molecule has 5 heteroatoms. The van der Waals surface area contributed by atoms with Crippen LogP contribution in [-0.4, -0.2) is 19.9 Å². The Balaban J connectivity index is 1.14. The van der Waals surface area contributed by atoms with Gasteiger partial charge in [0.15, 0.2) is 23.1 Å². The van der Waals surface area contributed by atoms with Crippen molar-refractivity contribution in [2.24, 2.45) is 0 Å². The van der Waals surface area contributed by atoms with Gasteiger partial charge in [0, 0.05) is 22.1 Å². The zero-order valence-electron chi connectivity index (χ0n) is 26.2. The van der Waals surface area contributed by atoms with Crippen molar-refractivity contribution in [3.05, 3.63) is 158 Å². The molecule has 0 spiro atoms. The molecule has 0 atom stereocenters. The third kappa shape index (κ3) is 4.63. The Hall–Kier alpha value is -6.72. The first-order valence-electron chi connectivity index (χ1n) is 16.3. The molecular weight excluding hydrogens is 601 g/mol. The number of rotatable bonds is 4. The van der Waals surface area contributed by atoms with Gasteiger partial charge in [-0.15, -0.1) is 0 Å². The van der Waals surface area contributed by atoms with Crippen LogP contribution < -0.4 is 0 Å². The van der Waals surface area contributed by atoms with Gasteiger partial charge in [-0.05, 0) is 63.0 Å². The lowest BCUT2D eigenvalue weighted by Crippen LogP contribution is -2.00. The fourth-order valence-corrected chi connectivity index (χ4v) is 6.89. The first kappa shape index (κ1) is 27.4. The predicted molar refractivity (Wildman–Crippen MR) is 199 cm³/mol. The SMILES string of the molecule is c1ccc(-c2nc(-c3ccc4ccccc4c3)nc(-c3cccc4cc(-c5cccc6oc7cc8ccccc8nc7c56)ccc34)n2)cc1. The number of pyridine rings is 1. The maximum Gasteiger partial charge on any atom is 0.164 e. The number of para-hydroxylation sites is 1. The Kier molecular flexibility index (Phi) is 6.11. The summed E-state index contributed by atoms with van der Waals surface area (Å²) < 4.78 is 6.32. The number of hydrogen-bond acceptors (Lipinski definition) is 5. The summed E-state index contributed by atoms with van der Waals surface area (Å²) in [6, 6.07) is 54.1. The van der Waals surface area contributed by atoms with E-state index >= 15 is 0 Å². The van der Waals surface area contributed by atoms with Crippen LogP contribution in [0, 0.1) is 0 Å². The smallest absolute Gasteiger partial charge is 0.164 e. The molecule has 3 aromatic heterocycles. The summed E-state index contributed by atoms with van der Waals surface area (Å²) >= 11 is 0. The zero-order chi connectivity index (χ0) is 32.3. The third-order valence-electron chi connectivity index (χ3n) is 9.28. The molecule has 5 nitrogen and oxygen atoms in total. The average molecular weight is 627 g/mol. The van der Waals surface area contributed by atoms with Gasteiger partial charge in [0.1, 0.15) is 11.1 Å². The van der Waals surface area contributed by atoms with E-state index in [9.17, 15) is 0 Å². The van der Waals surface area contributed by atoms with Gasteiger partial charge in [-0.25, -0.2) is 19.9 Å². The Morgan fingerprint density at radius 1 is 0.367 bits per heavy atom. The maximum absolute atomic E-state index is 6.32. The fourth-order valence-electron chi connectivity index (χ4n) is 6.89. The van der Waals surface area contributed by atoms with E-state index in [1.54, 1.807) is 0 Å². The van der Waals surface area contributed by atoms with Crippen LogP contribution in [0.3, 0.4) is 0 Å². The molecule has 0 aliphatic heterocycles. The van der Waals surface area contributed by atoms with E-state index in [0.29, 0.717) is 17.5 Å². The van der Waals surface area contributed by atoms with E-state index in [1.165, 1.54) is 5.39 Å². The minimum atomic E-state index is 0.634. The average Bonchev–Trinajstić information content (AvgIpc) is 3.54. The van der Waals surface area contributed by atoms with E-state index < -0.39 is 0 Å². The van der Waals surface area contributed by atoms with Crippen LogP contribution in [-0.2, 0) is 0 Å².